The summed E-state index contributed by atoms with van der Waals surface area (Å²) in [6.45, 7) is 4.83. The minimum Gasteiger partial charge on any atom is -0.350 e. The standard InChI is InChI=1S/C21H21Cl2N3O2/c1-13(2)12-26-21(28)17-6-4-3-5-16(17)19(25-26)20(27)24-10-9-14-7-8-15(22)11-18(14)23/h3-8,11,13H,9-10,12H2,1-2H3,(H,24,27). The number of carbonyl (C=O) groups is 1. The number of aromatic nitrogens is 2. The predicted octanol–water partition coefficient (Wildman–Crippen LogP) is 4.33. The summed E-state index contributed by atoms with van der Waals surface area (Å²) >= 11 is 12.1. The molecular formula is C21H21Cl2N3O2. The third kappa shape index (κ3) is 4.54. The van der Waals surface area contributed by atoms with E-state index < -0.39 is 0 Å². The van der Waals surface area contributed by atoms with Gasteiger partial charge in [0.1, 0.15) is 0 Å². The average Bonchev–Trinajstić information content (AvgIpc) is 2.65. The second-order valence-electron chi connectivity index (χ2n) is 7.02. The summed E-state index contributed by atoms with van der Waals surface area (Å²) in [6.07, 6.45) is 0.561. The molecule has 146 valence electrons. The molecule has 3 rings (SSSR count). The number of carbonyl (C=O) groups excluding carboxylic acids is 1. The van der Waals surface area contributed by atoms with E-state index in [0.717, 1.165) is 5.56 Å². The smallest absolute Gasteiger partial charge is 0.274 e. The lowest BCUT2D eigenvalue weighted by Gasteiger charge is -2.13. The number of halogens is 2. The summed E-state index contributed by atoms with van der Waals surface area (Å²) in [4.78, 5) is 25.4. The predicted molar refractivity (Wildman–Crippen MR) is 113 cm³/mol. The Kier molecular flexibility index (Phi) is 6.37. The van der Waals surface area contributed by atoms with Gasteiger partial charge in [-0.3, -0.25) is 9.59 Å². The van der Waals surface area contributed by atoms with Crippen LogP contribution in [0.4, 0.5) is 0 Å². The Morgan fingerprint density at radius 2 is 1.86 bits per heavy atom. The molecule has 0 aliphatic rings. The Labute approximate surface area is 173 Å². The van der Waals surface area contributed by atoms with Crippen molar-refractivity contribution in [3.8, 4) is 0 Å². The van der Waals surface area contributed by atoms with Gasteiger partial charge in [0.15, 0.2) is 5.69 Å². The van der Waals surface area contributed by atoms with Crippen LogP contribution in [0.3, 0.4) is 0 Å². The molecule has 0 aliphatic carbocycles. The molecule has 7 heteroatoms. The van der Waals surface area contributed by atoms with E-state index >= 15 is 0 Å². The number of amides is 1. The van der Waals surface area contributed by atoms with Crippen molar-refractivity contribution in [1.82, 2.24) is 15.1 Å². The maximum absolute atomic E-state index is 12.8. The highest BCUT2D eigenvalue weighted by Gasteiger charge is 2.17. The van der Waals surface area contributed by atoms with Crippen molar-refractivity contribution in [2.24, 2.45) is 5.92 Å². The van der Waals surface area contributed by atoms with Gasteiger partial charge < -0.3 is 5.32 Å². The van der Waals surface area contributed by atoms with Crippen LogP contribution in [0.5, 0.6) is 0 Å². The van der Waals surface area contributed by atoms with Gasteiger partial charge in [-0.05, 0) is 36.1 Å². The third-order valence-corrected chi connectivity index (χ3v) is 4.90. The molecule has 5 nitrogen and oxygen atoms in total. The number of hydrogen-bond acceptors (Lipinski definition) is 3. The van der Waals surface area contributed by atoms with E-state index in [2.05, 4.69) is 10.4 Å². The normalized spacial score (nSPS) is 11.2. The van der Waals surface area contributed by atoms with Gasteiger partial charge in [0.05, 0.1) is 5.39 Å². The first-order valence-electron chi connectivity index (χ1n) is 9.09. The van der Waals surface area contributed by atoms with E-state index in [1.165, 1.54) is 4.68 Å². The molecule has 0 bridgehead atoms. The van der Waals surface area contributed by atoms with Crippen molar-refractivity contribution in [2.75, 3.05) is 6.54 Å². The van der Waals surface area contributed by atoms with E-state index in [0.29, 0.717) is 40.3 Å². The highest BCUT2D eigenvalue weighted by Crippen LogP contribution is 2.21. The van der Waals surface area contributed by atoms with Crippen molar-refractivity contribution in [3.05, 3.63) is 74.1 Å². The number of hydrogen-bond donors (Lipinski definition) is 1. The van der Waals surface area contributed by atoms with Crippen LogP contribution in [-0.2, 0) is 13.0 Å². The number of rotatable bonds is 6. The molecule has 0 fully saturated rings. The molecule has 1 amide bonds. The van der Waals surface area contributed by atoms with Crippen LogP contribution < -0.4 is 10.9 Å². The molecule has 0 radical (unpaired) electrons. The van der Waals surface area contributed by atoms with Crippen LogP contribution in [0.2, 0.25) is 10.0 Å². The quantitative estimate of drug-likeness (QED) is 0.648. The summed E-state index contributed by atoms with van der Waals surface area (Å²) in [6, 6.07) is 12.3. The highest BCUT2D eigenvalue weighted by atomic mass is 35.5. The zero-order chi connectivity index (χ0) is 20.3. The van der Waals surface area contributed by atoms with E-state index in [1.54, 1.807) is 36.4 Å². The zero-order valence-corrected chi connectivity index (χ0v) is 17.2. The lowest BCUT2D eigenvalue weighted by molar-refractivity contribution is 0.0948. The van der Waals surface area contributed by atoms with E-state index in [4.69, 9.17) is 23.2 Å². The summed E-state index contributed by atoms with van der Waals surface area (Å²) in [7, 11) is 0. The van der Waals surface area contributed by atoms with Crippen molar-refractivity contribution < 1.29 is 4.79 Å². The highest BCUT2D eigenvalue weighted by molar-refractivity contribution is 6.35. The summed E-state index contributed by atoms with van der Waals surface area (Å²) in [5.41, 5.74) is 0.959. The first kappa shape index (κ1) is 20.4. The van der Waals surface area contributed by atoms with E-state index in [-0.39, 0.29) is 23.1 Å². The van der Waals surface area contributed by atoms with E-state index in [9.17, 15) is 9.59 Å². The Hall–Kier alpha value is -2.37. The second kappa shape index (κ2) is 8.76. The SMILES string of the molecule is CC(C)Cn1nc(C(=O)NCCc2ccc(Cl)cc2Cl)c2ccccc2c1=O. The van der Waals surface area contributed by atoms with Gasteiger partial charge in [-0.2, -0.15) is 5.10 Å². The van der Waals surface area contributed by atoms with Gasteiger partial charge in [-0.1, -0.05) is 61.3 Å². The van der Waals surface area contributed by atoms with Gasteiger partial charge in [-0.15, -0.1) is 0 Å². The fraction of sp³-hybridized carbons (Fsp3) is 0.286. The Balaban J connectivity index is 1.84. The van der Waals surface area contributed by atoms with Gasteiger partial charge >= 0.3 is 0 Å². The molecule has 1 aromatic heterocycles. The minimum atomic E-state index is -0.321. The van der Waals surface area contributed by atoms with Crippen LogP contribution in [0.1, 0.15) is 29.9 Å². The zero-order valence-electron chi connectivity index (χ0n) is 15.7. The van der Waals surface area contributed by atoms with Crippen LogP contribution in [0.15, 0.2) is 47.3 Å². The van der Waals surface area contributed by atoms with Crippen LogP contribution in [-0.4, -0.2) is 22.2 Å². The van der Waals surface area contributed by atoms with Crippen LogP contribution in [0.25, 0.3) is 10.8 Å². The molecule has 1 N–H and O–H groups in total. The fourth-order valence-corrected chi connectivity index (χ4v) is 3.49. The summed E-state index contributed by atoms with van der Waals surface area (Å²) < 4.78 is 1.37. The van der Waals surface area contributed by atoms with E-state index in [1.807, 2.05) is 19.9 Å². The first-order valence-corrected chi connectivity index (χ1v) is 9.84. The lowest BCUT2D eigenvalue weighted by Crippen LogP contribution is -2.32. The monoisotopic (exact) mass is 417 g/mol. The van der Waals surface area contributed by atoms with Gasteiger partial charge in [0.25, 0.3) is 11.5 Å². The maximum atomic E-state index is 12.8. The number of nitrogens with one attached hydrogen (secondary N) is 1. The third-order valence-electron chi connectivity index (χ3n) is 4.32. The molecular weight excluding hydrogens is 397 g/mol. The largest absolute Gasteiger partial charge is 0.350 e. The van der Waals surface area contributed by atoms with Crippen LogP contribution >= 0.6 is 23.2 Å². The van der Waals surface area contributed by atoms with Crippen molar-refractivity contribution in [1.29, 1.82) is 0 Å². The van der Waals surface area contributed by atoms with Crippen LogP contribution in [0, 0.1) is 5.92 Å². The molecule has 0 saturated carbocycles. The first-order chi connectivity index (χ1) is 13.4. The Morgan fingerprint density at radius 1 is 1.14 bits per heavy atom. The second-order valence-corrected chi connectivity index (χ2v) is 7.86. The molecule has 3 aromatic rings. The summed E-state index contributed by atoms with van der Waals surface area (Å²) in [5, 5.41) is 9.39. The average molecular weight is 418 g/mol. The summed E-state index contributed by atoms with van der Waals surface area (Å²) in [5.74, 6) is -0.0897. The fourth-order valence-electron chi connectivity index (χ4n) is 2.99. The molecule has 2 aromatic carbocycles. The van der Waals surface area contributed by atoms with Crippen molar-refractivity contribution >= 4 is 39.9 Å². The molecule has 1 heterocycles. The van der Waals surface area contributed by atoms with Gasteiger partial charge in [0.2, 0.25) is 0 Å². The maximum Gasteiger partial charge on any atom is 0.274 e. The van der Waals surface area contributed by atoms with Gasteiger partial charge in [0, 0.05) is 28.5 Å². The minimum absolute atomic E-state index is 0.186. The topological polar surface area (TPSA) is 64.0 Å². The number of nitrogens with zero attached hydrogens (tertiary/aromatic N) is 2. The Bertz CT molecular complexity index is 1080. The molecule has 0 saturated heterocycles. The molecule has 0 atom stereocenters. The number of benzene rings is 2. The number of fused-ring (bicyclic) bond motifs is 1. The van der Waals surface area contributed by atoms with Crippen molar-refractivity contribution in [3.63, 3.8) is 0 Å². The molecule has 28 heavy (non-hydrogen) atoms. The molecule has 0 spiro atoms. The molecule has 0 aliphatic heterocycles. The lowest BCUT2D eigenvalue weighted by atomic mass is 10.1. The molecule has 0 unspecified atom stereocenters. The van der Waals surface area contributed by atoms with Gasteiger partial charge in [-0.25, -0.2) is 4.68 Å². The Morgan fingerprint density at radius 3 is 2.54 bits per heavy atom. The van der Waals surface area contributed by atoms with Crippen molar-refractivity contribution in [2.45, 2.75) is 26.8 Å².